The van der Waals surface area contributed by atoms with Crippen molar-refractivity contribution in [1.82, 2.24) is 14.8 Å². The quantitative estimate of drug-likeness (QED) is 0.839. The number of aromatic nitrogens is 1. The number of hydrogen-bond donors (Lipinski definition) is 0. The standard InChI is InChI=1S/C15H19N3O2S2/c1-17(9-14(19)18-3-5-20-6-4-18)8-13-11-22-15(16-13)12-2-7-21-10-12/h2,7,10-11H,3-6,8-9H2,1H3. The van der Waals surface area contributed by atoms with Crippen molar-refractivity contribution in [3.05, 3.63) is 27.9 Å². The fraction of sp³-hybridized carbons (Fsp3) is 0.467. The number of carbonyl (C=O) groups excluding carboxylic acids is 1. The molecule has 1 aliphatic heterocycles. The molecule has 0 bridgehead atoms. The van der Waals surface area contributed by atoms with Gasteiger partial charge in [-0.25, -0.2) is 4.98 Å². The molecule has 1 amide bonds. The Morgan fingerprint density at radius 2 is 2.23 bits per heavy atom. The molecule has 2 aromatic rings. The first-order chi connectivity index (χ1) is 10.7. The molecule has 0 spiro atoms. The molecule has 7 heteroatoms. The summed E-state index contributed by atoms with van der Waals surface area (Å²) in [5, 5.41) is 7.28. The van der Waals surface area contributed by atoms with Gasteiger partial charge in [0.25, 0.3) is 0 Å². The smallest absolute Gasteiger partial charge is 0.236 e. The second kappa shape index (κ2) is 7.32. The number of nitrogens with zero attached hydrogens (tertiary/aromatic N) is 3. The van der Waals surface area contributed by atoms with Crippen LogP contribution in [-0.2, 0) is 16.1 Å². The van der Waals surface area contributed by atoms with Gasteiger partial charge in [0.2, 0.25) is 5.91 Å². The van der Waals surface area contributed by atoms with Crippen LogP contribution in [0.3, 0.4) is 0 Å². The maximum Gasteiger partial charge on any atom is 0.236 e. The van der Waals surface area contributed by atoms with Crippen LogP contribution in [0.15, 0.2) is 22.2 Å². The molecule has 1 fully saturated rings. The molecule has 3 heterocycles. The Balaban J connectivity index is 1.53. The molecule has 1 aliphatic rings. The van der Waals surface area contributed by atoms with E-state index >= 15 is 0 Å². The van der Waals surface area contributed by atoms with Gasteiger partial charge in [0.1, 0.15) is 5.01 Å². The molecule has 0 aromatic carbocycles. The molecule has 0 radical (unpaired) electrons. The Hall–Kier alpha value is -1.28. The Morgan fingerprint density at radius 1 is 1.41 bits per heavy atom. The van der Waals surface area contributed by atoms with Gasteiger partial charge in [-0.2, -0.15) is 11.3 Å². The summed E-state index contributed by atoms with van der Waals surface area (Å²) in [5.41, 5.74) is 2.19. The van der Waals surface area contributed by atoms with E-state index in [-0.39, 0.29) is 5.91 Å². The number of morpholine rings is 1. The van der Waals surface area contributed by atoms with E-state index in [1.165, 1.54) is 5.56 Å². The molecule has 2 aromatic heterocycles. The first kappa shape index (κ1) is 15.6. The maximum absolute atomic E-state index is 12.2. The van der Waals surface area contributed by atoms with Gasteiger partial charge in [-0.1, -0.05) is 0 Å². The van der Waals surface area contributed by atoms with Gasteiger partial charge in [-0.3, -0.25) is 9.69 Å². The maximum atomic E-state index is 12.2. The van der Waals surface area contributed by atoms with Crippen molar-refractivity contribution in [1.29, 1.82) is 0 Å². The molecule has 3 rings (SSSR count). The van der Waals surface area contributed by atoms with E-state index in [9.17, 15) is 4.79 Å². The summed E-state index contributed by atoms with van der Waals surface area (Å²) in [7, 11) is 1.96. The van der Waals surface area contributed by atoms with Crippen LogP contribution in [0.25, 0.3) is 10.6 Å². The van der Waals surface area contributed by atoms with Crippen LogP contribution in [0.2, 0.25) is 0 Å². The topological polar surface area (TPSA) is 45.7 Å². The van der Waals surface area contributed by atoms with Crippen molar-refractivity contribution in [3.63, 3.8) is 0 Å². The van der Waals surface area contributed by atoms with E-state index in [2.05, 4.69) is 27.2 Å². The summed E-state index contributed by atoms with van der Waals surface area (Å²) < 4.78 is 5.27. The number of thiophene rings is 1. The second-order valence-electron chi connectivity index (χ2n) is 5.32. The van der Waals surface area contributed by atoms with Crippen LogP contribution in [0.1, 0.15) is 5.69 Å². The molecule has 0 unspecified atom stereocenters. The highest BCUT2D eigenvalue weighted by molar-refractivity contribution is 7.14. The average molecular weight is 337 g/mol. The molecule has 0 atom stereocenters. The Bertz CT molecular complexity index is 606. The third-order valence-corrected chi connectivity index (χ3v) is 5.14. The van der Waals surface area contributed by atoms with Crippen LogP contribution in [0.5, 0.6) is 0 Å². The minimum absolute atomic E-state index is 0.166. The van der Waals surface area contributed by atoms with E-state index in [4.69, 9.17) is 4.74 Å². The van der Waals surface area contributed by atoms with Crippen LogP contribution in [0.4, 0.5) is 0 Å². The van der Waals surface area contributed by atoms with Crippen molar-refractivity contribution in [2.45, 2.75) is 6.54 Å². The van der Waals surface area contributed by atoms with E-state index in [0.717, 1.165) is 10.7 Å². The summed E-state index contributed by atoms with van der Waals surface area (Å²) >= 11 is 3.33. The van der Waals surface area contributed by atoms with Gasteiger partial charge in [-0.05, 0) is 18.5 Å². The Labute approximate surface area is 138 Å². The lowest BCUT2D eigenvalue weighted by atomic mass is 10.3. The van der Waals surface area contributed by atoms with Gasteiger partial charge >= 0.3 is 0 Å². The SMILES string of the molecule is CN(CC(=O)N1CCOCC1)Cc1csc(-c2ccsc2)n1. The fourth-order valence-corrected chi connectivity index (χ4v) is 3.90. The number of rotatable bonds is 5. The molecule has 0 saturated carbocycles. The summed E-state index contributed by atoms with van der Waals surface area (Å²) in [4.78, 5) is 20.7. The zero-order valence-electron chi connectivity index (χ0n) is 12.5. The normalized spacial score (nSPS) is 15.5. The summed E-state index contributed by atoms with van der Waals surface area (Å²) in [6.45, 7) is 3.80. The van der Waals surface area contributed by atoms with Crippen LogP contribution in [0, 0.1) is 0 Å². The summed E-state index contributed by atoms with van der Waals surface area (Å²) in [5.74, 6) is 0.166. The number of carbonyl (C=O) groups is 1. The fourth-order valence-electron chi connectivity index (χ4n) is 2.37. The van der Waals surface area contributed by atoms with Gasteiger partial charge in [0.15, 0.2) is 0 Å². The molecule has 22 heavy (non-hydrogen) atoms. The highest BCUT2D eigenvalue weighted by atomic mass is 32.1. The van der Waals surface area contributed by atoms with Crippen molar-refractivity contribution >= 4 is 28.6 Å². The highest BCUT2D eigenvalue weighted by Crippen LogP contribution is 2.25. The van der Waals surface area contributed by atoms with Crippen molar-refractivity contribution in [2.24, 2.45) is 0 Å². The first-order valence-corrected chi connectivity index (χ1v) is 9.05. The second-order valence-corrected chi connectivity index (χ2v) is 6.96. The Morgan fingerprint density at radius 3 is 2.95 bits per heavy atom. The molecule has 118 valence electrons. The zero-order valence-corrected chi connectivity index (χ0v) is 14.2. The van der Waals surface area contributed by atoms with Crippen LogP contribution in [-0.4, -0.2) is 60.6 Å². The van der Waals surface area contributed by atoms with Crippen molar-refractivity contribution < 1.29 is 9.53 Å². The number of amides is 1. The molecular weight excluding hydrogens is 318 g/mol. The van der Waals surface area contributed by atoms with Crippen LogP contribution < -0.4 is 0 Å². The third-order valence-electron chi connectivity index (χ3n) is 3.52. The predicted molar refractivity (Wildman–Crippen MR) is 89.2 cm³/mol. The Kier molecular flexibility index (Phi) is 5.20. The molecule has 1 saturated heterocycles. The van der Waals surface area contributed by atoms with E-state index in [1.807, 2.05) is 16.8 Å². The largest absolute Gasteiger partial charge is 0.378 e. The van der Waals surface area contributed by atoms with Crippen LogP contribution >= 0.6 is 22.7 Å². The number of ether oxygens (including phenoxy) is 1. The average Bonchev–Trinajstić information content (AvgIpc) is 3.19. The lowest BCUT2D eigenvalue weighted by Gasteiger charge is -2.28. The molecule has 5 nitrogen and oxygen atoms in total. The van der Waals surface area contributed by atoms with Crippen molar-refractivity contribution in [3.8, 4) is 10.6 Å². The van der Waals surface area contributed by atoms with Gasteiger partial charge in [0, 0.05) is 36.0 Å². The lowest BCUT2D eigenvalue weighted by Crippen LogP contribution is -2.44. The van der Waals surface area contributed by atoms with Gasteiger partial charge in [0.05, 0.1) is 25.5 Å². The van der Waals surface area contributed by atoms with Gasteiger partial charge < -0.3 is 9.64 Å². The zero-order chi connectivity index (χ0) is 15.4. The highest BCUT2D eigenvalue weighted by Gasteiger charge is 2.18. The minimum atomic E-state index is 0.166. The third kappa shape index (κ3) is 3.92. The van der Waals surface area contributed by atoms with Crippen molar-refractivity contribution in [2.75, 3.05) is 39.9 Å². The summed E-state index contributed by atoms with van der Waals surface area (Å²) in [6.07, 6.45) is 0. The number of likely N-dealkylation sites (N-methyl/N-ethyl adjacent to an activating group) is 1. The van der Waals surface area contributed by atoms with E-state index in [1.54, 1.807) is 22.7 Å². The lowest BCUT2D eigenvalue weighted by molar-refractivity contribution is -0.136. The predicted octanol–water partition coefficient (Wildman–Crippen LogP) is 2.16. The number of thiazole rings is 1. The van der Waals surface area contributed by atoms with E-state index in [0.29, 0.717) is 39.4 Å². The first-order valence-electron chi connectivity index (χ1n) is 7.23. The minimum Gasteiger partial charge on any atom is -0.378 e. The molecule has 0 aliphatic carbocycles. The van der Waals surface area contributed by atoms with Gasteiger partial charge in [-0.15, -0.1) is 11.3 Å². The summed E-state index contributed by atoms with van der Waals surface area (Å²) in [6, 6.07) is 2.08. The molecule has 0 N–H and O–H groups in total. The van der Waals surface area contributed by atoms with E-state index < -0.39 is 0 Å². The number of hydrogen-bond acceptors (Lipinski definition) is 6. The monoisotopic (exact) mass is 337 g/mol. The molecular formula is C15H19N3O2S2.